The van der Waals surface area contributed by atoms with E-state index in [1.807, 2.05) is 9.80 Å². The maximum atomic E-state index is 13.8. The quantitative estimate of drug-likeness (QED) is 0.748. The summed E-state index contributed by atoms with van der Waals surface area (Å²) in [6.07, 6.45) is 8.52. The number of piperidine rings is 1. The van der Waals surface area contributed by atoms with Crippen LogP contribution in [0.25, 0.3) is 0 Å². The van der Waals surface area contributed by atoms with Crippen LogP contribution < -0.4 is 5.32 Å². The Hall–Kier alpha value is -2.44. The predicted molar refractivity (Wildman–Crippen MR) is 115 cm³/mol. The minimum Gasteiger partial charge on any atom is -0.349 e. The van der Waals surface area contributed by atoms with Gasteiger partial charge in [-0.1, -0.05) is 37.8 Å². The van der Waals surface area contributed by atoms with Crippen LogP contribution in [0.5, 0.6) is 0 Å². The number of likely N-dealkylation sites (tertiary alicyclic amines) is 2. The Morgan fingerprint density at radius 2 is 1.65 bits per heavy atom. The predicted octanol–water partition coefficient (Wildman–Crippen LogP) is 3.12. The van der Waals surface area contributed by atoms with Crippen molar-refractivity contribution in [1.82, 2.24) is 15.1 Å². The van der Waals surface area contributed by atoms with Crippen molar-refractivity contribution in [1.29, 1.82) is 0 Å². The van der Waals surface area contributed by atoms with E-state index < -0.39 is 11.7 Å². The number of carbonyl (C=O) groups excluding carboxylic acids is 3. The average Bonchev–Trinajstić information content (AvgIpc) is 2.98. The zero-order chi connectivity index (χ0) is 21.8. The SMILES string of the molecule is O=C(NC1CCN(C(=O)C2CC(=O)N(C3CCCCCC3)C2)CC1)c1ccccc1F. The van der Waals surface area contributed by atoms with Crippen molar-refractivity contribution in [2.45, 2.75) is 69.9 Å². The normalized spacial score (nSPS) is 23.6. The van der Waals surface area contributed by atoms with Crippen LogP contribution in [0.4, 0.5) is 4.39 Å². The highest BCUT2D eigenvalue weighted by atomic mass is 19.1. The van der Waals surface area contributed by atoms with E-state index in [-0.39, 0.29) is 29.3 Å². The van der Waals surface area contributed by atoms with Gasteiger partial charge in [0.15, 0.2) is 0 Å². The third-order valence-corrected chi connectivity index (χ3v) is 7.03. The first-order valence-electron chi connectivity index (χ1n) is 11.7. The number of amides is 3. The molecule has 2 heterocycles. The van der Waals surface area contributed by atoms with Gasteiger partial charge in [0.05, 0.1) is 11.5 Å². The molecule has 31 heavy (non-hydrogen) atoms. The molecule has 1 atom stereocenters. The lowest BCUT2D eigenvalue weighted by Gasteiger charge is -2.34. The number of nitrogens with zero attached hydrogens (tertiary/aromatic N) is 2. The summed E-state index contributed by atoms with van der Waals surface area (Å²) < 4.78 is 13.8. The van der Waals surface area contributed by atoms with Crippen LogP contribution in [-0.2, 0) is 9.59 Å². The van der Waals surface area contributed by atoms with Crippen molar-refractivity contribution in [3.63, 3.8) is 0 Å². The lowest BCUT2D eigenvalue weighted by Crippen LogP contribution is -2.48. The lowest BCUT2D eigenvalue weighted by atomic mass is 10.0. The van der Waals surface area contributed by atoms with Gasteiger partial charge in [-0.05, 0) is 37.8 Å². The molecule has 2 aliphatic heterocycles. The number of halogens is 1. The third-order valence-electron chi connectivity index (χ3n) is 7.03. The summed E-state index contributed by atoms with van der Waals surface area (Å²) in [4.78, 5) is 41.8. The summed E-state index contributed by atoms with van der Waals surface area (Å²) >= 11 is 0. The molecule has 1 unspecified atom stereocenters. The second-order valence-corrected chi connectivity index (χ2v) is 9.15. The van der Waals surface area contributed by atoms with Gasteiger partial charge in [0.25, 0.3) is 5.91 Å². The minimum atomic E-state index is -0.531. The number of hydrogen-bond donors (Lipinski definition) is 1. The van der Waals surface area contributed by atoms with Crippen molar-refractivity contribution in [2.75, 3.05) is 19.6 Å². The summed E-state index contributed by atoms with van der Waals surface area (Å²) in [5.41, 5.74) is 0.0454. The van der Waals surface area contributed by atoms with Crippen molar-refractivity contribution in [2.24, 2.45) is 5.92 Å². The zero-order valence-electron chi connectivity index (χ0n) is 18.0. The monoisotopic (exact) mass is 429 g/mol. The molecule has 1 N–H and O–H groups in total. The fourth-order valence-corrected chi connectivity index (χ4v) is 5.23. The van der Waals surface area contributed by atoms with Crippen LogP contribution in [0.2, 0.25) is 0 Å². The Morgan fingerprint density at radius 1 is 0.968 bits per heavy atom. The molecular formula is C24H32FN3O3. The van der Waals surface area contributed by atoms with Crippen LogP contribution in [0, 0.1) is 11.7 Å². The molecule has 0 radical (unpaired) electrons. The fourth-order valence-electron chi connectivity index (χ4n) is 5.23. The molecule has 0 spiro atoms. The van der Waals surface area contributed by atoms with E-state index in [9.17, 15) is 18.8 Å². The third kappa shape index (κ3) is 5.08. The van der Waals surface area contributed by atoms with Crippen LogP contribution in [0.15, 0.2) is 24.3 Å². The van der Waals surface area contributed by atoms with Crippen molar-refractivity contribution >= 4 is 17.7 Å². The molecule has 3 fully saturated rings. The van der Waals surface area contributed by atoms with Crippen molar-refractivity contribution in [3.8, 4) is 0 Å². The summed E-state index contributed by atoms with van der Waals surface area (Å²) in [6.45, 7) is 1.65. The van der Waals surface area contributed by atoms with Gasteiger partial charge in [-0.25, -0.2) is 4.39 Å². The molecule has 3 aliphatic rings. The highest BCUT2D eigenvalue weighted by molar-refractivity contribution is 5.94. The molecule has 1 aromatic carbocycles. The molecule has 2 saturated heterocycles. The molecule has 0 aromatic heterocycles. The summed E-state index contributed by atoms with van der Waals surface area (Å²) in [7, 11) is 0. The van der Waals surface area contributed by atoms with Gasteiger partial charge in [-0.3, -0.25) is 14.4 Å². The Balaban J connectivity index is 1.27. The Morgan fingerprint density at radius 3 is 2.32 bits per heavy atom. The van der Waals surface area contributed by atoms with E-state index in [2.05, 4.69) is 5.32 Å². The second kappa shape index (κ2) is 9.79. The number of benzene rings is 1. The zero-order valence-corrected chi connectivity index (χ0v) is 18.0. The van der Waals surface area contributed by atoms with Gasteiger partial charge in [-0.15, -0.1) is 0 Å². The molecule has 6 nitrogen and oxygen atoms in total. The molecular weight excluding hydrogens is 397 g/mol. The molecule has 7 heteroatoms. The molecule has 168 valence electrons. The largest absolute Gasteiger partial charge is 0.349 e. The van der Waals surface area contributed by atoms with Crippen molar-refractivity contribution < 1.29 is 18.8 Å². The highest BCUT2D eigenvalue weighted by Crippen LogP contribution is 2.29. The van der Waals surface area contributed by atoms with Crippen LogP contribution in [-0.4, -0.2) is 59.2 Å². The van der Waals surface area contributed by atoms with E-state index >= 15 is 0 Å². The second-order valence-electron chi connectivity index (χ2n) is 9.15. The summed E-state index contributed by atoms with van der Waals surface area (Å²) in [5.74, 6) is -1.01. The minimum absolute atomic E-state index is 0.0454. The van der Waals surface area contributed by atoms with E-state index in [1.165, 1.54) is 37.8 Å². The molecule has 1 saturated carbocycles. The van der Waals surface area contributed by atoms with Gasteiger partial charge >= 0.3 is 0 Å². The molecule has 1 aliphatic carbocycles. The van der Waals surface area contributed by atoms with E-state index in [1.54, 1.807) is 12.1 Å². The Kier molecular flexibility index (Phi) is 6.88. The van der Waals surface area contributed by atoms with E-state index in [4.69, 9.17) is 0 Å². The van der Waals surface area contributed by atoms with E-state index in [0.29, 0.717) is 44.9 Å². The summed E-state index contributed by atoms with van der Waals surface area (Å²) in [6, 6.07) is 6.16. The first-order chi connectivity index (χ1) is 15.0. The van der Waals surface area contributed by atoms with Gasteiger partial charge in [-0.2, -0.15) is 0 Å². The van der Waals surface area contributed by atoms with Crippen LogP contribution >= 0.6 is 0 Å². The lowest BCUT2D eigenvalue weighted by molar-refractivity contribution is -0.136. The standard InChI is InChI=1S/C24H32FN3O3/c25-21-10-6-5-9-20(21)23(30)26-18-11-13-27(14-12-18)24(31)17-15-22(29)28(16-17)19-7-3-1-2-4-8-19/h5-6,9-10,17-19H,1-4,7-8,11-16H2,(H,26,30). The number of nitrogens with one attached hydrogen (secondary N) is 1. The topological polar surface area (TPSA) is 69.7 Å². The van der Waals surface area contributed by atoms with Gasteiger partial charge in [0.2, 0.25) is 11.8 Å². The fraction of sp³-hybridized carbons (Fsp3) is 0.625. The molecule has 0 bridgehead atoms. The van der Waals surface area contributed by atoms with Gasteiger partial charge in [0.1, 0.15) is 5.82 Å². The average molecular weight is 430 g/mol. The summed E-state index contributed by atoms with van der Waals surface area (Å²) in [5, 5.41) is 2.89. The van der Waals surface area contributed by atoms with Crippen molar-refractivity contribution in [3.05, 3.63) is 35.6 Å². The number of rotatable bonds is 4. The maximum Gasteiger partial charge on any atom is 0.254 e. The molecule has 4 rings (SSSR count). The number of carbonyl (C=O) groups is 3. The van der Waals surface area contributed by atoms with E-state index in [0.717, 1.165) is 12.8 Å². The highest BCUT2D eigenvalue weighted by Gasteiger charge is 2.40. The molecule has 3 amide bonds. The number of hydrogen-bond acceptors (Lipinski definition) is 3. The Bertz CT molecular complexity index is 814. The van der Waals surface area contributed by atoms with Gasteiger partial charge in [0, 0.05) is 38.1 Å². The molecule has 1 aromatic rings. The first-order valence-corrected chi connectivity index (χ1v) is 11.7. The van der Waals surface area contributed by atoms with Crippen LogP contribution in [0.1, 0.15) is 68.1 Å². The van der Waals surface area contributed by atoms with Gasteiger partial charge < -0.3 is 15.1 Å². The maximum absolute atomic E-state index is 13.8. The Labute approximate surface area is 183 Å². The smallest absolute Gasteiger partial charge is 0.254 e. The first kappa shape index (κ1) is 21.8. The van der Waals surface area contributed by atoms with Crippen LogP contribution in [0.3, 0.4) is 0 Å².